The van der Waals surface area contributed by atoms with E-state index < -0.39 is 0 Å². The maximum absolute atomic E-state index is 12.5. The molecule has 0 amide bonds. The Labute approximate surface area is 194 Å². The second-order valence-electron chi connectivity index (χ2n) is 7.49. The van der Waals surface area contributed by atoms with E-state index in [9.17, 15) is 4.79 Å². The van der Waals surface area contributed by atoms with E-state index in [1.165, 1.54) is 10.8 Å². The van der Waals surface area contributed by atoms with Crippen molar-refractivity contribution in [2.45, 2.75) is 13.5 Å². The highest BCUT2D eigenvalue weighted by molar-refractivity contribution is 6.06. The van der Waals surface area contributed by atoms with Gasteiger partial charge in [0.1, 0.15) is 12.4 Å². The van der Waals surface area contributed by atoms with E-state index in [4.69, 9.17) is 14.2 Å². The molecule has 0 saturated carbocycles. The van der Waals surface area contributed by atoms with Gasteiger partial charge in [-0.25, -0.2) is 0 Å². The number of carbonyl (C=O) groups is 1. The maximum atomic E-state index is 12.5. The number of ketones is 1. The average Bonchev–Trinajstić information content (AvgIpc) is 2.87. The molecular weight excluding hydrogens is 412 g/mol. The van der Waals surface area contributed by atoms with Crippen molar-refractivity contribution in [2.75, 3.05) is 13.7 Å². The van der Waals surface area contributed by atoms with Gasteiger partial charge in [-0.05, 0) is 71.3 Å². The van der Waals surface area contributed by atoms with Gasteiger partial charge in [0, 0.05) is 5.56 Å². The Hall–Kier alpha value is -4.05. The first-order chi connectivity index (χ1) is 16.2. The number of benzene rings is 4. The standard InChI is InChI=1S/C29H26O4/c1-3-32-29-19-21(11-17-27(30)23-13-15-25(31-2)16-14-23)12-18-28(29)33-20-24-9-6-8-22-7-4-5-10-26(22)24/h4-19H,3,20H2,1-2H3/b17-11+. The molecule has 4 aromatic carbocycles. The van der Waals surface area contributed by atoms with E-state index in [1.54, 1.807) is 43.5 Å². The smallest absolute Gasteiger partial charge is 0.185 e. The van der Waals surface area contributed by atoms with Crippen LogP contribution in [0.5, 0.6) is 17.2 Å². The molecule has 0 bridgehead atoms. The Morgan fingerprint density at radius 3 is 2.42 bits per heavy atom. The molecule has 0 atom stereocenters. The lowest BCUT2D eigenvalue weighted by atomic mass is 10.1. The number of fused-ring (bicyclic) bond motifs is 1. The predicted molar refractivity (Wildman–Crippen MR) is 132 cm³/mol. The lowest BCUT2D eigenvalue weighted by Gasteiger charge is -2.14. The molecular formula is C29H26O4. The summed E-state index contributed by atoms with van der Waals surface area (Å²) in [5.74, 6) is 1.96. The average molecular weight is 439 g/mol. The summed E-state index contributed by atoms with van der Waals surface area (Å²) >= 11 is 0. The van der Waals surface area contributed by atoms with Gasteiger partial charge in [0.25, 0.3) is 0 Å². The van der Waals surface area contributed by atoms with Crippen molar-refractivity contribution >= 4 is 22.6 Å². The number of carbonyl (C=O) groups excluding carboxylic acids is 1. The SMILES string of the molecule is CCOc1cc(/C=C/C(=O)c2ccc(OC)cc2)ccc1OCc1cccc2ccccc12. The molecule has 0 heterocycles. The van der Waals surface area contributed by atoms with Crippen molar-refractivity contribution in [3.05, 3.63) is 108 Å². The zero-order valence-corrected chi connectivity index (χ0v) is 18.8. The second kappa shape index (κ2) is 10.5. The van der Waals surface area contributed by atoms with Gasteiger partial charge in [0.15, 0.2) is 17.3 Å². The van der Waals surface area contributed by atoms with Crippen LogP contribution in [0.4, 0.5) is 0 Å². The number of methoxy groups -OCH3 is 1. The Morgan fingerprint density at radius 2 is 1.64 bits per heavy atom. The fraction of sp³-hybridized carbons (Fsp3) is 0.138. The molecule has 0 aliphatic heterocycles. The summed E-state index contributed by atoms with van der Waals surface area (Å²) in [6.07, 6.45) is 3.34. The van der Waals surface area contributed by atoms with Gasteiger partial charge >= 0.3 is 0 Å². The first-order valence-electron chi connectivity index (χ1n) is 10.9. The molecule has 0 aliphatic rings. The van der Waals surface area contributed by atoms with Gasteiger partial charge in [-0.3, -0.25) is 4.79 Å². The van der Waals surface area contributed by atoms with Crippen LogP contribution < -0.4 is 14.2 Å². The monoisotopic (exact) mass is 438 g/mol. The molecule has 0 spiro atoms. The van der Waals surface area contributed by atoms with Crippen molar-refractivity contribution in [3.8, 4) is 17.2 Å². The van der Waals surface area contributed by atoms with Crippen molar-refractivity contribution < 1.29 is 19.0 Å². The minimum Gasteiger partial charge on any atom is -0.497 e. The zero-order chi connectivity index (χ0) is 23.0. The van der Waals surface area contributed by atoms with E-state index in [1.807, 2.05) is 43.3 Å². The largest absolute Gasteiger partial charge is 0.497 e. The zero-order valence-electron chi connectivity index (χ0n) is 18.8. The Kier molecular flexibility index (Phi) is 7.06. The number of hydrogen-bond acceptors (Lipinski definition) is 4. The molecule has 0 radical (unpaired) electrons. The highest BCUT2D eigenvalue weighted by Crippen LogP contribution is 2.30. The first-order valence-corrected chi connectivity index (χ1v) is 10.9. The van der Waals surface area contributed by atoms with Gasteiger partial charge in [-0.15, -0.1) is 0 Å². The summed E-state index contributed by atoms with van der Waals surface area (Å²) in [7, 11) is 1.60. The van der Waals surface area contributed by atoms with Crippen LogP contribution in [-0.2, 0) is 6.61 Å². The van der Waals surface area contributed by atoms with Crippen molar-refractivity contribution in [1.82, 2.24) is 0 Å². The Bertz CT molecular complexity index is 1270. The fourth-order valence-electron chi connectivity index (χ4n) is 3.61. The van der Waals surface area contributed by atoms with Gasteiger partial charge in [0.05, 0.1) is 13.7 Å². The topological polar surface area (TPSA) is 44.8 Å². The molecule has 0 unspecified atom stereocenters. The summed E-state index contributed by atoms with van der Waals surface area (Å²) in [6.45, 7) is 2.89. The third kappa shape index (κ3) is 5.42. The quantitative estimate of drug-likeness (QED) is 0.215. The fourth-order valence-corrected chi connectivity index (χ4v) is 3.61. The predicted octanol–water partition coefficient (Wildman–Crippen LogP) is 6.72. The van der Waals surface area contributed by atoms with Gasteiger partial charge in [0.2, 0.25) is 0 Å². The van der Waals surface area contributed by atoms with E-state index in [0.717, 1.165) is 16.9 Å². The second-order valence-corrected chi connectivity index (χ2v) is 7.49. The lowest BCUT2D eigenvalue weighted by molar-refractivity contribution is 0.104. The van der Waals surface area contributed by atoms with Crippen LogP contribution in [0.3, 0.4) is 0 Å². The summed E-state index contributed by atoms with van der Waals surface area (Å²) in [6, 6.07) is 27.2. The number of rotatable bonds is 9. The molecule has 0 N–H and O–H groups in total. The summed E-state index contributed by atoms with van der Waals surface area (Å²) in [5, 5.41) is 2.36. The maximum Gasteiger partial charge on any atom is 0.185 e. The molecule has 0 aliphatic carbocycles. The molecule has 4 heteroatoms. The summed E-state index contributed by atoms with van der Waals surface area (Å²) in [4.78, 5) is 12.5. The van der Waals surface area contributed by atoms with Gasteiger partial charge < -0.3 is 14.2 Å². The van der Waals surface area contributed by atoms with Gasteiger partial charge in [-0.2, -0.15) is 0 Å². The van der Waals surface area contributed by atoms with Crippen molar-refractivity contribution in [2.24, 2.45) is 0 Å². The summed E-state index contributed by atoms with van der Waals surface area (Å²) < 4.78 is 17.1. The molecule has 0 fully saturated rings. The van der Waals surface area contributed by atoms with Crippen LogP contribution in [-0.4, -0.2) is 19.5 Å². The lowest BCUT2D eigenvalue weighted by Crippen LogP contribution is -2.00. The van der Waals surface area contributed by atoms with Crippen molar-refractivity contribution in [1.29, 1.82) is 0 Å². The minimum absolute atomic E-state index is 0.0769. The van der Waals surface area contributed by atoms with E-state index in [-0.39, 0.29) is 5.78 Å². The molecule has 4 nitrogen and oxygen atoms in total. The first kappa shape index (κ1) is 22.2. The Balaban J connectivity index is 1.49. The van der Waals surface area contributed by atoms with Crippen LogP contribution in [0.25, 0.3) is 16.8 Å². The molecule has 33 heavy (non-hydrogen) atoms. The van der Waals surface area contributed by atoms with Crippen molar-refractivity contribution in [3.63, 3.8) is 0 Å². The Morgan fingerprint density at radius 1 is 0.848 bits per heavy atom. The highest BCUT2D eigenvalue weighted by atomic mass is 16.5. The normalized spacial score (nSPS) is 11.0. The molecule has 0 saturated heterocycles. The number of allylic oxidation sites excluding steroid dienone is 1. The van der Waals surface area contributed by atoms with Crippen LogP contribution in [0.1, 0.15) is 28.4 Å². The van der Waals surface area contributed by atoms with Crippen LogP contribution in [0.2, 0.25) is 0 Å². The molecule has 4 aromatic rings. The third-order valence-electron chi connectivity index (χ3n) is 5.33. The number of hydrogen-bond donors (Lipinski definition) is 0. The van der Waals surface area contributed by atoms with E-state index in [2.05, 4.69) is 24.3 Å². The van der Waals surface area contributed by atoms with Gasteiger partial charge in [-0.1, -0.05) is 54.6 Å². The van der Waals surface area contributed by atoms with Crippen LogP contribution >= 0.6 is 0 Å². The highest BCUT2D eigenvalue weighted by Gasteiger charge is 2.08. The third-order valence-corrected chi connectivity index (χ3v) is 5.33. The van der Waals surface area contributed by atoms with Crippen LogP contribution in [0, 0.1) is 0 Å². The summed E-state index contributed by atoms with van der Waals surface area (Å²) in [5.41, 5.74) is 2.58. The molecule has 0 aromatic heterocycles. The van der Waals surface area contributed by atoms with Crippen LogP contribution in [0.15, 0.2) is 91.0 Å². The van der Waals surface area contributed by atoms with E-state index >= 15 is 0 Å². The minimum atomic E-state index is -0.0769. The number of ether oxygens (including phenoxy) is 3. The van der Waals surface area contributed by atoms with E-state index in [0.29, 0.717) is 30.3 Å². The molecule has 166 valence electrons. The molecule has 4 rings (SSSR count).